The number of likely N-dealkylation sites (tertiary alicyclic amines) is 1. The highest BCUT2D eigenvalue weighted by Crippen LogP contribution is 2.46. The number of piperidine rings is 1. The summed E-state index contributed by atoms with van der Waals surface area (Å²) in [5.74, 6) is -0.872. The van der Waals surface area contributed by atoms with Gasteiger partial charge in [-0.1, -0.05) is 34.8 Å². The lowest BCUT2D eigenvalue weighted by Gasteiger charge is -2.39. The van der Waals surface area contributed by atoms with Crippen molar-refractivity contribution < 1.29 is 9.90 Å². The summed E-state index contributed by atoms with van der Waals surface area (Å²) in [5.41, 5.74) is 2.18. The highest BCUT2D eigenvalue weighted by atomic mass is 79.9. The number of carbonyl (C=O) groups is 1. The van der Waals surface area contributed by atoms with Crippen molar-refractivity contribution in [3.05, 3.63) is 33.8 Å². The third kappa shape index (κ3) is 3.32. The largest absolute Gasteiger partial charge is 0.478 e. The molecule has 4 heteroatoms. The summed E-state index contributed by atoms with van der Waals surface area (Å²) in [6.45, 7) is 3.26. The lowest BCUT2D eigenvalue weighted by molar-refractivity contribution is 0.0696. The third-order valence-electron chi connectivity index (χ3n) is 5.27. The molecule has 1 aliphatic carbocycles. The second-order valence-corrected chi connectivity index (χ2v) is 7.45. The second kappa shape index (κ2) is 6.09. The molecular weight excluding hydrogens is 330 g/mol. The Balaban J connectivity index is 1.61. The van der Waals surface area contributed by atoms with Crippen molar-refractivity contribution in [2.75, 3.05) is 13.1 Å². The molecule has 114 valence electrons. The van der Waals surface area contributed by atoms with Crippen molar-refractivity contribution in [3.8, 4) is 0 Å². The van der Waals surface area contributed by atoms with Crippen LogP contribution in [0.3, 0.4) is 0 Å². The van der Waals surface area contributed by atoms with Crippen LogP contribution in [-0.2, 0) is 6.54 Å². The van der Waals surface area contributed by atoms with E-state index >= 15 is 0 Å². The minimum atomic E-state index is -0.872. The SMILES string of the molecule is O=C(O)c1ccc(CN2CCC3(CCCC3)CC2)c(Br)c1. The maximum Gasteiger partial charge on any atom is 0.335 e. The first kappa shape index (κ1) is 15.0. The first-order valence-electron chi connectivity index (χ1n) is 7.82. The summed E-state index contributed by atoms with van der Waals surface area (Å²) >= 11 is 3.51. The van der Waals surface area contributed by atoms with E-state index < -0.39 is 5.97 Å². The molecule has 21 heavy (non-hydrogen) atoms. The molecule has 2 fully saturated rings. The number of hydrogen-bond acceptors (Lipinski definition) is 2. The molecule has 1 N–H and O–H groups in total. The Morgan fingerprint density at radius 3 is 2.43 bits per heavy atom. The van der Waals surface area contributed by atoms with Gasteiger partial charge in [-0.25, -0.2) is 4.79 Å². The molecule has 1 saturated heterocycles. The number of halogens is 1. The van der Waals surface area contributed by atoms with Gasteiger partial charge >= 0.3 is 5.97 Å². The first-order chi connectivity index (χ1) is 10.1. The van der Waals surface area contributed by atoms with Crippen LogP contribution in [0.25, 0.3) is 0 Å². The van der Waals surface area contributed by atoms with E-state index in [2.05, 4.69) is 20.8 Å². The maximum absolute atomic E-state index is 11.0. The van der Waals surface area contributed by atoms with E-state index in [1.165, 1.54) is 57.2 Å². The van der Waals surface area contributed by atoms with Crippen LogP contribution >= 0.6 is 15.9 Å². The summed E-state index contributed by atoms with van der Waals surface area (Å²) in [7, 11) is 0. The zero-order chi connectivity index (χ0) is 14.9. The highest BCUT2D eigenvalue weighted by molar-refractivity contribution is 9.10. The van der Waals surface area contributed by atoms with Gasteiger partial charge in [0.15, 0.2) is 0 Å². The van der Waals surface area contributed by atoms with Crippen LogP contribution in [0, 0.1) is 5.41 Å². The molecule has 2 aliphatic rings. The standard InChI is InChI=1S/C17H22BrNO2/c18-15-11-13(16(20)21)3-4-14(15)12-19-9-7-17(8-10-19)5-1-2-6-17/h3-4,11H,1-2,5-10,12H2,(H,20,21). The number of aromatic carboxylic acids is 1. The van der Waals surface area contributed by atoms with Gasteiger partial charge in [0.25, 0.3) is 0 Å². The fourth-order valence-corrected chi connectivity index (χ4v) is 4.36. The number of nitrogens with zero attached hydrogens (tertiary/aromatic N) is 1. The van der Waals surface area contributed by atoms with E-state index in [0.29, 0.717) is 11.0 Å². The Hall–Kier alpha value is -0.870. The van der Waals surface area contributed by atoms with Gasteiger partial charge < -0.3 is 5.11 Å². The van der Waals surface area contributed by atoms with Gasteiger partial charge in [-0.05, 0) is 61.9 Å². The number of carboxylic acids is 1. The van der Waals surface area contributed by atoms with Crippen LogP contribution in [-0.4, -0.2) is 29.1 Å². The molecule has 0 aromatic heterocycles. The molecule has 1 saturated carbocycles. The molecule has 1 aliphatic heterocycles. The summed E-state index contributed by atoms with van der Waals surface area (Å²) in [6.07, 6.45) is 8.36. The normalized spacial score (nSPS) is 21.8. The molecule has 0 radical (unpaired) electrons. The van der Waals surface area contributed by atoms with Gasteiger partial charge in [0.2, 0.25) is 0 Å². The van der Waals surface area contributed by atoms with E-state index in [4.69, 9.17) is 5.11 Å². The Bertz CT molecular complexity index is 528. The predicted octanol–water partition coefficient (Wildman–Crippen LogP) is 4.30. The maximum atomic E-state index is 11.0. The molecule has 0 unspecified atom stereocenters. The molecule has 1 aromatic rings. The first-order valence-corrected chi connectivity index (χ1v) is 8.61. The van der Waals surface area contributed by atoms with Gasteiger partial charge in [0, 0.05) is 11.0 Å². The Labute approximate surface area is 134 Å². The third-order valence-corrected chi connectivity index (χ3v) is 6.01. The monoisotopic (exact) mass is 351 g/mol. The Morgan fingerprint density at radius 1 is 1.19 bits per heavy atom. The van der Waals surface area contributed by atoms with Crippen LogP contribution in [0.4, 0.5) is 0 Å². The van der Waals surface area contributed by atoms with E-state index in [1.54, 1.807) is 12.1 Å². The molecule has 1 spiro atoms. The van der Waals surface area contributed by atoms with Crippen LogP contribution in [0.2, 0.25) is 0 Å². The van der Waals surface area contributed by atoms with Gasteiger partial charge in [0.1, 0.15) is 0 Å². The molecule has 1 aromatic carbocycles. The smallest absolute Gasteiger partial charge is 0.335 e. The zero-order valence-electron chi connectivity index (χ0n) is 12.3. The predicted molar refractivity (Wildman–Crippen MR) is 86.5 cm³/mol. The lowest BCUT2D eigenvalue weighted by atomic mass is 9.77. The van der Waals surface area contributed by atoms with Crippen molar-refractivity contribution >= 4 is 21.9 Å². The average Bonchev–Trinajstić information content (AvgIpc) is 2.92. The summed E-state index contributed by atoms with van der Waals surface area (Å²) in [6, 6.07) is 5.35. The van der Waals surface area contributed by atoms with Crippen molar-refractivity contribution in [1.29, 1.82) is 0 Å². The molecule has 1 heterocycles. The van der Waals surface area contributed by atoms with Crippen molar-refractivity contribution in [2.45, 2.75) is 45.1 Å². The Kier molecular flexibility index (Phi) is 4.36. The van der Waals surface area contributed by atoms with Crippen molar-refractivity contribution in [1.82, 2.24) is 4.90 Å². The summed E-state index contributed by atoms with van der Waals surface area (Å²) in [4.78, 5) is 13.5. The molecular formula is C17H22BrNO2. The van der Waals surface area contributed by atoms with Gasteiger partial charge in [-0.3, -0.25) is 4.90 Å². The quantitative estimate of drug-likeness (QED) is 0.882. The van der Waals surface area contributed by atoms with Gasteiger partial charge in [-0.15, -0.1) is 0 Å². The van der Waals surface area contributed by atoms with Crippen molar-refractivity contribution in [3.63, 3.8) is 0 Å². The van der Waals surface area contributed by atoms with Gasteiger partial charge in [0.05, 0.1) is 5.56 Å². The highest BCUT2D eigenvalue weighted by Gasteiger charge is 2.36. The summed E-state index contributed by atoms with van der Waals surface area (Å²) in [5, 5.41) is 9.01. The van der Waals surface area contributed by atoms with Crippen LogP contribution < -0.4 is 0 Å². The Morgan fingerprint density at radius 2 is 1.86 bits per heavy atom. The van der Waals surface area contributed by atoms with E-state index in [0.717, 1.165) is 11.0 Å². The van der Waals surface area contributed by atoms with Gasteiger partial charge in [-0.2, -0.15) is 0 Å². The fraction of sp³-hybridized carbons (Fsp3) is 0.588. The van der Waals surface area contributed by atoms with E-state index in [-0.39, 0.29) is 0 Å². The lowest BCUT2D eigenvalue weighted by Crippen LogP contribution is -2.38. The van der Waals surface area contributed by atoms with Crippen LogP contribution in [0.15, 0.2) is 22.7 Å². The molecule has 0 bridgehead atoms. The second-order valence-electron chi connectivity index (χ2n) is 6.59. The number of benzene rings is 1. The minimum Gasteiger partial charge on any atom is -0.478 e. The van der Waals surface area contributed by atoms with E-state index in [1.807, 2.05) is 6.07 Å². The molecule has 0 atom stereocenters. The van der Waals surface area contributed by atoms with Crippen LogP contribution in [0.1, 0.15) is 54.4 Å². The topological polar surface area (TPSA) is 40.5 Å². The molecule has 3 rings (SSSR count). The van der Waals surface area contributed by atoms with E-state index in [9.17, 15) is 4.79 Å². The minimum absolute atomic E-state index is 0.342. The number of carboxylic acid groups (broad SMARTS) is 1. The summed E-state index contributed by atoms with van der Waals surface area (Å²) < 4.78 is 0.906. The average molecular weight is 352 g/mol. The van der Waals surface area contributed by atoms with Crippen molar-refractivity contribution in [2.24, 2.45) is 5.41 Å². The molecule has 0 amide bonds. The fourth-order valence-electron chi connectivity index (χ4n) is 3.86. The number of hydrogen-bond donors (Lipinski definition) is 1. The zero-order valence-corrected chi connectivity index (χ0v) is 13.9. The number of rotatable bonds is 3. The molecule has 3 nitrogen and oxygen atoms in total. The van der Waals surface area contributed by atoms with Crippen LogP contribution in [0.5, 0.6) is 0 Å².